The third-order valence-electron chi connectivity index (χ3n) is 3.60. The molecule has 2 unspecified atom stereocenters. The summed E-state index contributed by atoms with van der Waals surface area (Å²) in [5, 5.41) is 0. The quantitative estimate of drug-likeness (QED) is 0.620. The first-order valence-electron chi connectivity index (χ1n) is 5.55. The van der Waals surface area contributed by atoms with E-state index < -0.39 is 5.79 Å². The predicted octanol–water partition coefficient (Wildman–Crippen LogP) is 0.901. The predicted molar refractivity (Wildman–Crippen MR) is 55.4 cm³/mol. The molecule has 0 N–H and O–H groups in total. The van der Waals surface area contributed by atoms with Gasteiger partial charge in [-0.1, -0.05) is 0 Å². The minimum atomic E-state index is -0.579. The molecule has 4 nitrogen and oxygen atoms in total. The second kappa shape index (κ2) is 2.99. The summed E-state index contributed by atoms with van der Waals surface area (Å²) in [4.78, 5) is 0. The summed E-state index contributed by atoms with van der Waals surface area (Å²) in [6.45, 7) is 3.80. The second-order valence-electron chi connectivity index (χ2n) is 5.12. The van der Waals surface area contributed by atoms with E-state index >= 15 is 0 Å². The van der Waals surface area contributed by atoms with Crippen LogP contribution in [0.3, 0.4) is 0 Å². The van der Waals surface area contributed by atoms with Crippen LogP contribution in [0.15, 0.2) is 0 Å². The summed E-state index contributed by atoms with van der Waals surface area (Å²) in [6.07, 6.45) is 5.65. The summed E-state index contributed by atoms with van der Waals surface area (Å²) in [5.74, 6) is 2.28. The topological polar surface area (TPSA) is 36.9 Å². The largest absolute Gasteiger partial charge is 0.353 e. The van der Waals surface area contributed by atoms with Crippen LogP contribution in [-0.2, 0) is 18.9 Å². The van der Waals surface area contributed by atoms with Gasteiger partial charge in [-0.3, -0.25) is 0 Å². The maximum Gasteiger partial charge on any atom is 0.187 e. The van der Waals surface area contributed by atoms with Crippen LogP contribution in [0.25, 0.3) is 0 Å². The zero-order valence-electron chi connectivity index (χ0n) is 9.73. The van der Waals surface area contributed by atoms with Crippen LogP contribution < -0.4 is 0 Å². The van der Waals surface area contributed by atoms with Crippen LogP contribution in [0, 0.1) is 18.3 Å². The van der Waals surface area contributed by atoms with E-state index in [4.69, 9.17) is 25.4 Å². The average molecular weight is 224 g/mol. The van der Waals surface area contributed by atoms with E-state index in [1.807, 2.05) is 13.8 Å². The van der Waals surface area contributed by atoms with Gasteiger partial charge in [0.25, 0.3) is 0 Å². The average Bonchev–Trinajstić information content (AvgIpc) is 2.75. The van der Waals surface area contributed by atoms with E-state index in [1.54, 1.807) is 7.11 Å². The molecule has 2 aliphatic heterocycles. The van der Waals surface area contributed by atoms with Gasteiger partial charge in [0.2, 0.25) is 0 Å². The summed E-state index contributed by atoms with van der Waals surface area (Å²) >= 11 is 0. The number of methoxy groups -OCH3 is 1. The van der Waals surface area contributed by atoms with Crippen molar-refractivity contribution < 1.29 is 18.9 Å². The third kappa shape index (κ3) is 1.20. The van der Waals surface area contributed by atoms with Gasteiger partial charge in [-0.25, -0.2) is 0 Å². The van der Waals surface area contributed by atoms with E-state index in [2.05, 4.69) is 5.92 Å². The Balaban J connectivity index is 1.89. The molecule has 1 aliphatic carbocycles. The lowest BCUT2D eigenvalue weighted by Crippen LogP contribution is -2.32. The van der Waals surface area contributed by atoms with Crippen molar-refractivity contribution in [3.05, 3.63) is 0 Å². The van der Waals surface area contributed by atoms with Gasteiger partial charge < -0.3 is 18.9 Å². The highest BCUT2D eigenvalue weighted by atomic mass is 16.8. The molecule has 0 radical (unpaired) electrons. The number of fused-ring (bicyclic) bond motifs is 2. The maximum atomic E-state index is 5.89. The van der Waals surface area contributed by atoms with Crippen molar-refractivity contribution >= 4 is 0 Å². The van der Waals surface area contributed by atoms with Crippen LogP contribution in [-0.4, -0.2) is 37.0 Å². The SMILES string of the molecule is C#C[C@@H]1C[C@]12O[C@@H](OC)C1OC(C)(C)OC12. The van der Waals surface area contributed by atoms with Gasteiger partial charge in [-0.2, -0.15) is 0 Å². The molecule has 3 aliphatic rings. The van der Waals surface area contributed by atoms with Crippen LogP contribution in [0.2, 0.25) is 0 Å². The molecule has 1 spiro atoms. The summed E-state index contributed by atoms with van der Waals surface area (Å²) in [6, 6.07) is 0. The van der Waals surface area contributed by atoms with Crippen LogP contribution in [0.5, 0.6) is 0 Å². The highest BCUT2D eigenvalue weighted by Gasteiger charge is 2.73. The fourth-order valence-corrected chi connectivity index (χ4v) is 2.80. The molecule has 0 aromatic heterocycles. The third-order valence-corrected chi connectivity index (χ3v) is 3.60. The van der Waals surface area contributed by atoms with Crippen molar-refractivity contribution in [1.82, 2.24) is 0 Å². The summed E-state index contributed by atoms with van der Waals surface area (Å²) in [7, 11) is 1.61. The molecule has 16 heavy (non-hydrogen) atoms. The highest BCUT2D eigenvalue weighted by Crippen LogP contribution is 2.59. The zero-order chi connectivity index (χ0) is 11.6. The minimum absolute atomic E-state index is 0.103. The maximum absolute atomic E-state index is 5.89. The van der Waals surface area contributed by atoms with Gasteiger partial charge >= 0.3 is 0 Å². The molecule has 0 bridgehead atoms. The lowest BCUT2D eigenvalue weighted by atomic mass is 10.1. The first-order valence-corrected chi connectivity index (χ1v) is 5.55. The Morgan fingerprint density at radius 2 is 2.06 bits per heavy atom. The molecule has 3 rings (SSSR count). The summed E-state index contributed by atoms with van der Waals surface area (Å²) < 4.78 is 22.8. The first-order chi connectivity index (χ1) is 7.52. The standard InChI is InChI=1S/C12H16O4/c1-5-7-6-12(7)9-8(10(13-4)16-12)14-11(2,3)15-9/h1,7-10H,6H2,2-4H3/t7-,8?,9?,10-,12+/m1/s1. The van der Waals surface area contributed by atoms with Crippen molar-refractivity contribution in [3.8, 4) is 12.3 Å². The van der Waals surface area contributed by atoms with Crippen molar-refractivity contribution in [2.75, 3.05) is 7.11 Å². The monoisotopic (exact) mass is 224 g/mol. The molecule has 4 heteroatoms. The molecule has 88 valence electrons. The molecule has 5 atom stereocenters. The van der Waals surface area contributed by atoms with Crippen molar-refractivity contribution in [3.63, 3.8) is 0 Å². The molecule has 2 saturated heterocycles. The van der Waals surface area contributed by atoms with Gasteiger partial charge in [0.15, 0.2) is 12.1 Å². The molecular weight excluding hydrogens is 208 g/mol. The van der Waals surface area contributed by atoms with Gasteiger partial charge in [-0.05, 0) is 20.3 Å². The minimum Gasteiger partial charge on any atom is -0.353 e. The highest BCUT2D eigenvalue weighted by molar-refractivity contribution is 5.26. The number of terminal acetylenes is 1. The number of hydrogen-bond acceptors (Lipinski definition) is 4. The molecular formula is C12H16O4. The molecule has 2 heterocycles. The number of ether oxygens (including phenoxy) is 4. The fourth-order valence-electron chi connectivity index (χ4n) is 2.80. The van der Waals surface area contributed by atoms with E-state index in [0.717, 1.165) is 6.42 Å². The van der Waals surface area contributed by atoms with Crippen molar-refractivity contribution in [1.29, 1.82) is 0 Å². The van der Waals surface area contributed by atoms with E-state index in [1.165, 1.54) is 0 Å². The second-order valence-corrected chi connectivity index (χ2v) is 5.12. The van der Waals surface area contributed by atoms with E-state index in [-0.39, 0.29) is 30.0 Å². The molecule has 0 aromatic rings. The van der Waals surface area contributed by atoms with Crippen LogP contribution in [0.1, 0.15) is 20.3 Å². The van der Waals surface area contributed by atoms with Gasteiger partial charge in [0.1, 0.15) is 17.8 Å². The number of hydrogen-bond donors (Lipinski definition) is 0. The molecule has 1 saturated carbocycles. The Labute approximate surface area is 95.2 Å². The molecule has 0 aromatic carbocycles. The smallest absolute Gasteiger partial charge is 0.187 e. The van der Waals surface area contributed by atoms with Crippen LogP contribution >= 0.6 is 0 Å². The molecule has 3 fully saturated rings. The van der Waals surface area contributed by atoms with Gasteiger partial charge in [0.05, 0.1) is 5.92 Å². The Morgan fingerprint density at radius 3 is 2.62 bits per heavy atom. The Hall–Kier alpha value is -0.600. The Morgan fingerprint density at radius 1 is 1.31 bits per heavy atom. The van der Waals surface area contributed by atoms with Gasteiger partial charge in [-0.15, -0.1) is 12.3 Å². The van der Waals surface area contributed by atoms with E-state index in [9.17, 15) is 0 Å². The van der Waals surface area contributed by atoms with Crippen LogP contribution in [0.4, 0.5) is 0 Å². The Bertz CT molecular complexity index is 359. The number of rotatable bonds is 1. The lowest BCUT2D eigenvalue weighted by molar-refractivity contribution is -0.233. The zero-order valence-corrected chi connectivity index (χ0v) is 9.73. The van der Waals surface area contributed by atoms with Gasteiger partial charge in [0, 0.05) is 7.11 Å². The van der Waals surface area contributed by atoms with Crippen molar-refractivity contribution in [2.45, 2.75) is 50.2 Å². The van der Waals surface area contributed by atoms with E-state index in [0.29, 0.717) is 0 Å². The normalized spacial score (nSPS) is 52.6. The summed E-state index contributed by atoms with van der Waals surface area (Å²) in [5.41, 5.74) is -0.367. The molecule has 0 amide bonds. The Kier molecular flexibility index (Phi) is 1.97. The van der Waals surface area contributed by atoms with Crippen molar-refractivity contribution in [2.24, 2.45) is 5.92 Å². The fraction of sp³-hybridized carbons (Fsp3) is 0.833. The first kappa shape index (κ1) is 10.5. The lowest BCUT2D eigenvalue weighted by Gasteiger charge is -2.23.